The Kier molecular flexibility index (Phi) is 6.16. The molecular formula is C11H18N2O3. The van der Waals surface area contributed by atoms with Gasteiger partial charge in [0.2, 0.25) is 5.91 Å². The van der Waals surface area contributed by atoms with E-state index < -0.39 is 12.0 Å². The second-order valence-corrected chi connectivity index (χ2v) is 4.00. The Bertz CT molecular complexity index is 294. The SMILES string of the molecule is COC(=O)[C@H](C[C@H](C)C#N)NC(=O)C(C)C. The summed E-state index contributed by atoms with van der Waals surface area (Å²) in [5.74, 6) is -1.25. The van der Waals surface area contributed by atoms with E-state index in [9.17, 15) is 9.59 Å². The molecule has 0 fully saturated rings. The predicted molar refractivity (Wildman–Crippen MR) is 58.2 cm³/mol. The number of nitrogens with one attached hydrogen (secondary N) is 1. The summed E-state index contributed by atoms with van der Waals surface area (Å²) in [5.41, 5.74) is 0. The lowest BCUT2D eigenvalue weighted by molar-refractivity contribution is -0.145. The third kappa shape index (κ3) is 4.78. The zero-order chi connectivity index (χ0) is 12.7. The van der Waals surface area contributed by atoms with Crippen molar-refractivity contribution >= 4 is 11.9 Å². The second-order valence-electron chi connectivity index (χ2n) is 4.00. The van der Waals surface area contributed by atoms with E-state index in [0.717, 1.165) is 0 Å². The highest BCUT2D eigenvalue weighted by atomic mass is 16.5. The van der Waals surface area contributed by atoms with Gasteiger partial charge in [-0.25, -0.2) is 4.79 Å². The monoisotopic (exact) mass is 226 g/mol. The molecule has 1 amide bonds. The van der Waals surface area contributed by atoms with Crippen LogP contribution in [0.25, 0.3) is 0 Å². The molecule has 0 spiro atoms. The number of nitrogens with zero attached hydrogens (tertiary/aromatic N) is 1. The Morgan fingerprint density at radius 2 is 1.94 bits per heavy atom. The van der Waals surface area contributed by atoms with E-state index in [4.69, 9.17) is 5.26 Å². The highest BCUT2D eigenvalue weighted by molar-refractivity contribution is 5.85. The van der Waals surface area contributed by atoms with Crippen LogP contribution in [0.4, 0.5) is 0 Å². The maximum absolute atomic E-state index is 11.4. The average Bonchev–Trinajstić information content (AvgIpc) is 2.26. The Labute approximate surface area is 95.8 Å². The number of amides is 1. The lowest BCUT2D eigenvalue weighted by atomic mass is 10.0. The van der Waals surface area contributed by atoms with Crippen LogP contribution >= 0.6 is 0 Å². The van der Waals surface area contributed by atoms with Gasteiger partial charge in [-0.1, -0.05) is 13.8 Å². The first-order chi connectivity index (χ1) is 7.42. The van der Waals surface area contributed by atoms with Gasteiger partial charge in [0.1, 0.15) is 6.04 Å². The summed E-state index contributed by atoms with van der Waals surface area (Å²) in [6, 6.07) is 1.28. The van der Waals surface area contributed by atoms with Crippen LogP contribution in [0.1, 0.15) is 27.2 Å². The number of carbonyl (C=O) groups excluding carboxylic acids is 2. The Balaban J connectivity index is 4.51. The van der Waals surface area contributed by atoms with Crippen molar-refractivity contribution in [2.45, 2.75) is 33.2 Å². The van der Waals surface area contributed by atoms with Gasteiger partial charge in [0, 0.05) is 11.8 Å². The first-order valence-corrected chi connectivity index (χ1v) is 5.20. The summed E-state index contributed by atoms with van der Waals surface area (Å²) in [6.45, 7) is 5.16. The van der Waals surface area contributed by atoms with Gasteiger partial charge in [-0.3, -0.25) is 4.79 Å². The maximum atomic E-state index is 11.4. The van der Waals surface area contributed by atoms with E-state index in [2.05, 4.69) is 10.1 Å². The first kappa shape index (κ1) is 14.4. The van der Waals surface area contributed by atoms with Gasteiger partial charge >= 0.3 is 5.97 Å². The molecule has 90 valence electrons. The average molecular weight is 226 g/mol. The van der Waals surface area contributed by atoms with Gasteiger partial charge in [-0.15, -0.1) is 0 Å². The Morgan fingerprint density at radius 3 is 2.31 bits per heavy atom. The number of esters is 1. The molecule has 0 aromatic heterocycles. The van der Waals surface area contributed by atoms with Gasteiger partial charge in [0.05, 0.1) is 13.2 Å². The molecule has 0 aromatic carbocycles. The van der Waals surface area contributed by atoms with E-state index in [-0.39, 0.29) is 24.2 Å². The topological polar surface area (TPSA) is 79.2 Å². The van der Waals surface area contributed by atoms with E-state index >= 15 is 0 Å². The van der Waals surface area contributed by atoms with Gasteiger partial charge in [0.25, 0.3) is 0 Å². The van der Waals surface area contributed by atoms with Crippen molar-refractivity contribution in [3.05, 3.63) is 0 Å². The maximum Gasteiger partial charge on any atom is 0.328 e. The van der Waals surface area contributed by atoms with Crippen LogP contribution in [-0.2, 0) is 14.3 Å². The molecule has 0 bridgehead atoms. The van der Waals surface area contributed by atoms with Crippen molar-refractivity contribution in [2.24, 2.45) is 11.8 Å². The molecule has 0 radical (unpaired) electrons. The number of methoxy groups -OCH3 is 1. The molecule has 5 nitrogen and oxygen atoms in total. The molecule has 5 heteroatoms. The molecule has 0 aromatic rings. The van der Waals surface area contributed by atoms with Crippen LogP contribution in [0.5, 0.6) is 0 Å². The summed E-state index contributed by atoms with van der Waals surface area (Å²) in [5, 5.41) is 11.2. The molecule has 0 heterocycles. The zero-order valence-electron chi connectivity index (χ0n) is 10.1. The minimum absolute atomic E-state index is 0.204. The van der Waals surface area contributed by atoms with Crippen molar-refractivity contribution in [2.75, 3.05) is 7.11 Å². The molecular weight excluding hydrogens is 208 g/mol. The second kappa shape index (κ2) is 6.83. The highest BCUT2D eigenvalue weighted by Crippen LogP contribution is 2.07. The zero-order valence-corrected chi connectivity index (χ0v) is 10.1. The molecule has 0 aliphatic carbocycles. The highest BCUT2D eigenvalue weighted by Gasteiger charge is 2.24. The van der Waals surface area contributed by atoms with Crippen LogP contribution in [0.15, 0.2) is 0 Å². The third-order valence-corrected chi connectivity index (χ3v) is 2.14. The summed E-state index contributed by atoms with van der Waals surface area (Å²) in [7, 11) is 1.26. The lowest BCUT2D eigenvalue weighted by Crippen LogP contribution is -2.44. The molecule has 0 aliphatic heterocycles. The summed E-state index contributed by atoms with van der Waals surface area (Å²) < 4.78 is 4.58. The fourth-order valence-corrected chi connectivity index (χ4v) is 1.10. The lowest BCUT2D eigenvalue weighted by Gasteiger charge is -2.18. The van der Waals surface area contributed by atoms with E-state index in [0.29, 0.717) is 0 Å². The molecule has 2 atom stereocenters. The van der Waals surface area contributed by atoms with Crippen LogP contribution in [-0.4, -0.2) is 25.0 Å². The van der Waals surface area contributed by atoms with Crippen LogP contribution in [0.3, 0.4) is 0 Å². The number of ether oxygens (including phenoxy) is 1. The van der Waals surface area contributed by atoms with Gasteiger partial charge < -0.3 is 10.1 Å². The molecule has 0 rings (SSSR count). The quantitative estimate of drug-likeness (QED) is 0.705. The first-order valence-electron chi connectivity index (χ1n) is 5.20. The molecule has 0 aliphatic rings. The number of hydrogen-bond donors (Lipinski definition) is 1. The van der Waals surface area contributed by atoms with Crippen molar-refractivity contribution in [3.63, 3.8) is 0 Å². The Morgan fingerprint density at radius 1 is 1.38 bits per heavy atom. The van der Waals surface area contributed by atoms with Crippen LogP contribution in [0, 0.1) is 23.2 Å². The number of nitriles is 1. The Hall–Kier alpha value is -1.57. The van der Waals surface area contributed by atoms with Crippen LogP contribution < -0.4 is 5.32 Å². The van der Waals surface area contributed by atoms with Crippen molar-refractivity contribution in [1.82, 2.24) is 5.32 Å². The molecule has 0 unspecified atom stereocenters. The minimum atomic E-state index is -0.741. The third-order valence-electron chi connectivity index (χ3n) is 2.14. The van der Waals surface area contributed by atoms with Crippen molar-refractivity contribution < 1.29 is 14.3 Å². The minimum Gasteiger partial charge on any atom is -0.467 e. The summed E-state index contributed by atoms with van der Waals surface area (Å²) >= 11 is 0. The van der Waals surface area contributed by atoms with Gasteiger partial charge in [-0.05, 0) is 13.3 Å². The molecule has 1 N–H and O–H groups in total. The standard InChI is InChI=1S/C11H18N2O3/c1-7(2)10(14)13-9(11(15)16-4)5-8(3)6-12/h7-9H,5H2,1-4H3,(H,13,14)/t8-,9-/m0/s1. The molecule has 16 heavy (non-hydrogen) atoms. The van der Waals surface area contributed by atoms with E-state index in [1.807, 2.05) is 6.07 Å². The fourth-order valence-electron chi connectivity index (χ4n) is 1.10. The van der Waals surface area contributed by atoms with Crippen LogP contribution in [0.2, 0.25) is 0 Å². The largest absolute Gasteiger partial charge is 0.467 e. The van der Waals surface area contributed by atoms with Gasteiger partial charge in [0.15, 0.2) is 0 Å². The number of hydrogen-bond acceptors (Lipinski definition) is 4. The molecule has 0 saturated carbocycles. The molecule has 0 saturated heterocycles. The van der Waals surface area contributed by atoms with Crippen molar-refractivity contribution in [1.29, 1.82) is 5.26 Å². The summed E-state index contributed by atoms with van der Waals surface area (Å²) in [6.07, 6.45) is 0.266. The number of carbonyl (C=O) groups is 2. The predicted octanol–water partition coefficient (Wildman–Crippen LogP) is 0.850. The van der Waals surface area contributed by atoms with E-state index in [1.165, 1.54) is 7.11 Å². The number of rotatable bonds is 5. The normalized spacial score (nSPS) is 13.8. The van der Waals surface area contributed by atoms with Gasteiger partial charge in [-0.2, -0.15) is 5.26 Å². The van der Waals surface area contributed by atoms with E-state index in [1.54, 1.807) is 20.8 Å². The fraction of sp³-hybridized carbons (Fsp3) is 0.727. The smallest absolute Gasteiger partial charge is 0.328 e. The summed E-state index contributed by atoms with van der Waals surface area (Å²) in [4.78, 5) is 22.8. The van der Waals surface area contributed by atoms with Crippen molar-refractivity contribution in [3.8, 4) is 6.07 Å².